The second-order valence-electron chi connectivity index (χ2n) is 11.0. The summed E-state index contributed by atoms with van der Waals surface area (Å²) in [7, 11) is 0. The third-order valence-corrected chi connectivity index (χ3v) is 8.36. The fourth-order valence-electron chi connectivity index (χ4n) is 6.31. The predicted octanol–water partition coefficient (Wildman–Crippen LogP) is 9.95. The molecule has 0 atom stereocenters. The van der Waals surface area contributed by atoms with Crippen molar-refractivity contribution in [2.75, 3.05) is 6.54 Å². The average Bonchev–Trinajstić information content (AvgIpc) is 3.11. The maximum absolute atomic E-state index is 4.98. The summed E-state index contributed by atoms with van der Waals surface area (Å²) in [6.07, 6.45) is 8.21. The zero-order valence-electron chi connectivity index (χ0n) is 24.1. The lowest BCUT2D eigenvalue weighted by molar-refractivity contribution is 0.976. The fourth-order valence-corrected chi connectivity index (χ4v) is 6.31. The summed E-state index contributed by atoms with van der Waals surface area (Å²) >= 11 is 0. The van der Waals surface area contributed by atoms with Crippen LogP contribution in [0.15, 0.2) is 158 Å². The number of nitrogens with one attached hydrogen (secondary N) is 1. The summed E-state index contributed by atoms with van der Waals surface area (Å²) < 4.78 is 0. The minimum absolute atomic E-state index is 0.715. The van der Waals surface area contributed by atoms with E-state index >= 15 is 0 Å². The van der Waals surface area contributed by atoms with Crippen molar-refractivity contribution in [2.24, 2.45) is 0 Å². The Morgan fingerprint density at radius 2 is 1.07 bits per heavy atom. The van der Waals surface area contributed by atoms with Gasteiger partial charge in [-0.15, -0.1) is 0 Å². The quantitative estimate of drug-likeness (QED) is 0.212. The topological polar surface area (TPSA) is 37.8 Å². The largest absolute Gasteiger partial charge is 0.387 e. The van der Waals surface area contributed by atoms with Crippen molar-refractivity contribution in [3.05, 3.63) is 164 Å². The molecule has 208 valence electrons. The second kappa shape index (κ2) is 11.1. The van der Waals surface area contributed by atoms with E-state index in [1.54, 1.807) is 0 Å². The Morgan fingerprint density at radius 1 is 0.500 bits per heavy atom. The van der Waals surface area contributed by atoms with Crippen LogP contribution in [0.3, 0.4) is 0 Å². The molecule has 3 nitrogen and oxygen atoms in total. The highest BCUT2D eigenvalue weighted by Crippen LogP contribution is 2.43. The van der Waals surface area contributed by atoms with Crippen LogP contribution in [0, 0.1) is 0 Å². The minimum atomic E-state index is 0.715. The van der Waals surface area contributed by atoms with E-state index in [1.165, 1.54) is 49.4 Å². The molecule has 8 rings (SSSR count). The number of rotatable bonds is 5. The molecular weight excluding hydrogens is 534 g/mol. The summed E-state index contributed by atoms with van der Waals surface area (Å²) in [4.78, 5) is 9.63. The number of benzene rings is 6. The van der Waals surface area contributed by atoms with Crippen molar-refractivity contribution >= 4 is 27.1 Å². The van der Waals surface area contributed by atoms with Gasteiger partial charge in [-0.25, -0.2) is 9.97 Å². The first-order valence-electron chi connectivity index (χ1n) is 15.0. The molecule has 0 unspecified atom stereocenters. The number of allylic oxidation sites excluding steroid dienone is 2. The highest BCUT2D eigenvalue weighted by molar-refractivity contribution is 6.21. The summed E-state index contributed by atoms with van der Waals surface area (Å²) in [6.45, 7) is 0.864. The summed E-state index contributed by atoms with van der Waals surface area (Å²) in [5, 5.41) is 8.29. The first-order valence-corrected chi connectivity index (χ1v) is 15.0. The maximum atomic E-state index is 4.98. The van der Waals surface area contributed by atoms with Crippen LogP contribution in [0.25, 0.3) is 72.0 Å². The smallest absolute Gasteiger partial charge is 0.159 e. The number of nitrogens with zero attached hydrogens (tertiary/aromatic N) is 2. The highest BCUT2D eigenvalue weighted by Gasteiger charge is 2.16. The van der Waals surface area contributed by atoms with Gasteiger partial charge in [0.1, 0.15) is 0 Å². The summed E-state index contributed by atoms with van der Waals surface area (Å²) in [5.74, 6) is 0.715. The summed E-state index contributed by atoms with van der Waals surface area (Å²) in [6, 6.07) is 47.4. The zero-order chi connectivity index (χ0) is 29.3. The van der Waals surface area contributed by atoms with E-state index in [4.69, 9.17) is 4.98 Å². The molecule has 0 saturated carbocycles. The molecule has 6 aromatic carbocycles. The van der Waals surface area contributed by atoms with Crippen molar-refractivity contribution in [2.45, 2.75) is 0 Å². The van der Waals surface area contributed by atoms with Gasteiger partial charge >= 0.3 is 0 Å². The lowest BCUT2D eigenvalue weighted by Gasteiger charge is -2.17. The van der Waals surface area contributed by atoms with Crippen molar-refractivity contribution in [1.82, 2.24) is 15.3 Å². The molecule has 0 spiro atoms. The third kappa shape index (κ3) is 4.65. The van der Waals surface area contributed by atoms with E-state index < -0.39 is 0 Å². The lowest BCUT2D eigenvalue weighted by atomic mass is 9.86. The van der Waals surface area contributed by atoms with Gasteiger partial charge in [0.05, 0.1) is 5.69 Å². The van der Waals surface area contributed by atoms with Crippen LogP contribution >= 0.6 is 0 Å². The van der Waals surface area contributed by atoms with Gasteiger partial charge in [-0.2, -0.15) is 0 Å². The molecule has 0 aliphatic carbocycles. The Hall–Kier alpha value is -5.80. The number of hydrogen-bond donors (Lipinski definition) is 1. The Kier molecular flexibility index (Phi) is 6.54. The predicted molar refractivity (Wildman–Crippen MR) is 184 cm³/mol. The van der Waals surface area contributed by atoms with Crippen LogP contribution in [0.2, 0.25) is 0 Å². The van der Waals surface area contributed by atoms with Crippen molar-refractivity contribution < 1.29 is 0 Å². The fraction of sp³-hybridized carbons (Fsp3) is 0.0244. The number of fused-ring (bicyclic) bond motifs is 2. The van der Waals surface area contributed by atoms with Crippen LogP contribution in [-0.2, 0) is 0 Å². The normalized spacial score (nSPS) is 12.7. The minimum Gasteiger partial charge on any atom is -0.387 e. The Morgan fingerprint density at radius 3 is 1.70 bits per heavy atom. The van der Waals surface area contributed by atoms with Crippen LogP contribution < -0.4 is 5.32 Å². The average molecular weight is 564 g/mol. The lowest BCUT2D eigenvalue weighted by Crippen LogP contribution is -2.08. The van der Waals surface area contributed by atoms with E-state index in [0.29, 0.717) is 5.82 Å². The molecule has 44 heavy (non-hydrogen) atoms. The molecule has 0 radical (unpaired) electrons. The SMILES string of the molecule is C1=CC(c2cccc(-c3ccnc(-c4ccc(-c5c6ccccc6c(-c6ccccc6)c6ccccc56)cc4)n3)c2)=CNC1. The number of dihydropyridines is 1. The molecule has 0 fully saturated rings. The Balaban J connectivity index is 1.20. The first kappa shape index (κ1) is 25.9. The summed E-state index contributed by atoms with van der Waals surface area (Å²) in [5.41, 5.74) is 10.2. The molecule has 1 N–H and O–H groups in total. The van der Waals surface area contributed by atoms with Crippen LogP contribution in [0.4, 0.5) is 0 Å². The molecule has 3 heteroatoms. The van der Waals surface area contributed by atoms with Gasteiger partial charge < -0.3 is 5.32 Å². The molecular formula is C41H29N3. The molecule has 0 saturated heterocycles. The van der Waals surface area contributed by atoms with E-state index in [2.05, 4.69) is 156 Å². The first-order chi connectivity index (χ1) is 21.8. The van der Waals surface area contributed by atoms with Gasteiger partial charge in [0.2, 0.25) is 0 Å². The maximum Gasteiger partial charge on any atom is 0.159 e. The van der Waals surface area contributed by atoms with Gasteiger partial charge in [-0.3, -0.25) is 0 Å². The van der Waals surface area contributed by atoms with E-state index in [1.807, 2.05) is 12.3 Å². The standard InChI is InChI=1S/C41H29N3/c1-2-10-28(11-3-1)39-34-15-4-6-17-36(34)40(37-18-7-5-16-35(37)39)29-19-21-30(22-20-29)41-43-25-23-38(44-41)32-13-8-12-31(26-32)33-14-9-24-42-27-33/h1-23,25-27,42H,24H2. The zero-order valence-corrected chi connectivity index (χ0v) is 24.1. The molecule has 0 amide bonds. The van der Waals surface area contributed by atoms with Gasteiger partial charge in [0.25, 0.3) is 0 Å². The van der Waals surface area contributed by atoms with E-state index in [-0.39, 0.29) is 0 Å². The number of hydrogen-bond acceptors (Lipinski definition) is 3. The van der Waals surface area contributed by atoms with Crippen molar-refractivity contribution in [1.29, 1.82) is 0 Å². The third-order valence-electron chi connectivity index (χ3n) is 8.36. The van der Waals surface area contributed by atoms with Crippen LogP contribution in [0.5, 0.6) is 0 Å². The molecule has 0 bridgehead atoms. The molecule has 1 aromatic heterocycles. The second-order valence-corrected chi connectivity index (χ2v) is 11.0. The number of aromatic nitrogens is 2. The molecule has 1 aliphatic heterocycles. The van der Waals surface area contributed by atoms with Crippen LogP contribution in [-0.4, -0.2) is 16.5 Å². The van der Waals surface area contributed by atoms with Crippen molar-refractivity contribution in [3.8, 4) is 44.9 Å². The van der Waals surface area contributed by atoms with Gasteiger partial charge in [-0.1, -0.05) is 133 Å². The monoisotopic (exact) mass is 563 g/mol. The molecule has 7 aromatic rings. The molecule has 2 heterocycles. The Bertz CT molecular complexity index is 2150. The van der Waals surface area contributed by atoms with Gasteiger partial charge in [-0.05, 0) is 67.1 Å². The Labute approximate surface area is 256 Å². The highest BCUT2D eigenvalue weighted by atomic mass is 14.9. The van der Waals surface area contributed by atoms with E-state index in [0.717, 1.165) is 28.9 Å². The van der Waals surface area contributed by atoms with Crippen LogP contribution in [0.1, 0.15) is 5.56 Å². The van der Waals surface area contributed by atoms with Gasteiger partial charge in [0, 0.05) is 30.1 Å². The molecule has 1 aliphatic rings. The van der Waals surface area contributed by atoms with Crippen molar-refractivity contribution in [3.63, 3.8) is 0 Å². The van der Waals surface area contributed by atoms with E-state index in [9.17, 15) is 0 Å². The van der Waals surface area contributed by atoms with Gasteiger partial charge in [0.15, 0.2) is 5.82 Å².